The molecule has 3 nitrogen and oxygen atoms in total. The molecule has 0 aliphatic rings. The highest BCUT2D eigenvalue weighted by molar-refractivity contribution is 9.10. The van der Waals surface area contributed by atoms with E-state index in [9.17, 15) is 12.3 Å². The lowest BCUT2D eigenvalue weighted by atomic mass is 10.3. The molecule has 1 aromatic rings. The lowest BCUT2D eigenvalue weighted by molar-refractivity contribution is 0.452. The Hall–Kier alpha value is -0.620. The molecule has 0 saturated carbocycles. The third-order valence-corrected chi connectivity index (χ3v) is 2.71. The molecule has 0 unspecified atom stereocenters. The zero-order valence-corrected chi connectivity index (χ0v) is 8.06. The smallest absolute Gasteiger partial charge is 0.335 e. The average Bonchev–Trinajstić information content (AvgIpc) is 1.92. The molecule has 0 amide bonds. The minimum atomic E-state index is -4.84. The summed E-state index contributed by atoms with van der Waals surface area (Å²) < 4.78 is 33.2. The van der Waals surface area contributed by atoms with Crippen molar-refractivity contribution in [1.29, 1.82) is 0 Å². The molecule has 0 fully saturated rings. The van der Waals surface area contributed by atoms with Gasteiger partial charge in [0, 0.05) is 0 Å². The summed E-state index contributed by atoms with van der Waals surface area (Å²) in [5.41, 5.74) is 0. The maximum absolute atomic E-state index is 12.4. The van der Waals surface area contributed by atoms with E-state index in [1.165, 1.54) is 12.1 Å². The second-order valence-electron chi connectivity index (χ2n) is 2.02. The molecule has 0 radical (unpaired) electrons. The molecule has 12 heavy (non-hydrogen) atoms. The first-order valence-electron chi connectivity index (χ1n) is 2.85. The lowest BCUT2D eigenvalue weighted by Crippen LogP contribution is -1.92. The Balaban J connectivity index is 3.47. The second-order valence-corrected chi connectivity index (χ2v) is 4.19. The first kappa shape index (κ1) is 9.47. The van der Waals surface area contributed by atoms with Crippen molar-refractivity contribution in [2.45, 2.75) is 4.90 Å². The largest absolute Gasteiger partial charge is 0.505 e. The van der Waals surface area contributed by atoms with E-state index in [-0.39, 0.29) is 4.47 Å². The SMILES string of the molecule is O=S(=O)(F)c1cccc(Br)c1O. The highest BCUT2D eigenvalue weighted by Gasteiger charge is 2.18. The van der Waals surface area contributed by atoms with Crippen LogP contribution in [0.2, 0.25) is 0 Å². The molecule has 0 bridgehead atoms. The Labute approximate surface area is 77.2 Å². The number of hydrogen-bond acceptors (Lipinski definition) is 3. The number of hydrogen-bond donors (Lipinski definition) is 1. The third kappa shape index (κ3) is 1.75. The Morgan fingerprint density at radius 1 is 1.42 bits per heavy atom. The number of para-hydroxylation sites is 1. The van der Waals surface area contributed by atoms with Gasteiger partial charge in [-0.1, -0.05) is 6.07 Å². The number of benzene rings is 1. The van der Waals surface area contributed by atoms with Crippen molar-refractivity contribution in [1.82, 2.24) is 0 Å². The Morgan fingerprint density at radius 2 is 2.00 bits per heavy atom. The summed E-state index contributed by atoms with van der Waals surface area (Å²) in [7, 11) is -4.84. The van der Waals surface area contributed by atoms with Gasteiger partial charge in [0.05, 0.1) is 4.47 Å². The highest BCUT2D eigenvalue weighted by atomic mass is 79.9. The Kier molecular flexibility index (Phi) is 2.39. The summed E-state index contributed by atoms with van der Waals surface area (Å²) in [5.74, 6) is -0.611. The van der Waals surface area contributed by atoms with Crippen molar-refractivity contribution in [3.05, 3.63) is 22.7 Å². The maximum atomic E-state index is 12.4. The quantitative estimate of drug-likeness (QED) is 0.778. The Bertz CT molecular complexity index is 401. The van der Waals surface area contributed by atoms with Gasteiger partial charge in [-0.25, -0.2) is 0 Å². The van der Waals surface area contributed by atoms with E-state index in [4.69, 9.17) is 5.11 Å². The van der Waals surface area contributed by atoms with Crippen LogP contribution in [0.15, 0.2) is 27.6 Å². The summed E-state index contributed by atoms with van der Waals surface area (Å²) in [5, 5.41) is 9.07. The molecule has 6 heteroatoms. The molecule has 0 aliphatic heterocycles. The van der Waals surface area contributed by atoms with Gasteiger partial charge in [-0.15, -0.1) is 3.89 Å². The molecule has 1 N–H and O–H groups in total. The van der Waals surface area contributed by atoms with Crippen molar-refractivity contribution in [2.75, 3.05) is 0 Å². The van der Waals surface area contributed by atoms with Crippen LogP contribution in [0.1, 0.15) is 0 Å². The van der Waals surface area contributed by atoms with E-state index in [1.54, 1.807) is 0 Å². The van der Waals surface area contributed by atoms with Crippen LogP contribution in [0.5, 0.6) is 5.75 Å². The van der Waals surface area contributed by atoms with E-state index in [0.717, 1.165) is 6.07 Å². The number of phenols is 1. The van der Waals surface area contributed by atoms with Gasteiger partial charge in [-0.3, -0.25) is 0 Å². The third-order valence-electron chi connectivity index (χ3n) is 1.21. The Morgan fingerprint density at radius 3 is 2.42 bits per heavy atom. The highest BCUT2D eigenvalue weighted by Crippen LogP contribution is 2.31. The second kappa shape index (κ2) is 3.02. The van der Waals surface area contributed by atoms with Gasteiger partial charge < -0.3 is 5.11 Å². The van der Waals surface area contributed by atoms with E-state index in [0.29, 0.717) is 0 Å². The molecule has 0 aliphatic carbocycles. The number of aromatic hydroxyl groups is 1. The number of phenolic OH excluding ortho intramolecular Hbond substituents is 1. The number of rotatable bonds is 1. The molecular weight excluding hydrogens is 251 g/mol. The normalized spacial score (nSPS) is 11.5. The molecular formula is C6H4BrFO3S. The van der Waals surface area contributed by atoms with Gasteiger partial charge in [0.2, 0.25) is 0 Å². The fourth-order valence-electron chi connectivity index (χ4n) is 0.692. The van der Waals surface area contributed by atoms with Gasteiger partial charge >= 0.3 is 10.2 Å². The molecule has 66 valence electrons. The zero-order valence-electron chi connectivity index (χ0n) is 5.66. The van der Waals surface area contributed by atoms with Gasteiger partial charge in [-0.05, 0) is 28.1 Å². The van der Waals surface area contributed by atoms with Crippen molar-refractivity contribution >= 4 is 26.2 Å². The minimum absolute atomic E-state index is 0.140. The van der Waals surface area contributed by atoms with Crippen LogP contribution in [0, 0.1) is 0 Å². The van der Waals surface area contributed by atoms with Crippen LogP contribution in [0.4, 0.5) is 3.89 Å². The summed E-state index contributed by atoms with van der Waals surface area (Å²) in [4.78, 5) is -0.725. The minimum Gasteiger partial charge on any atom is -0.505 e. The van der Waals surface area contributed by atoms with Crippen molar-refractivity contribution in [2.24, 2.45) is 0 Å². The van der Waals surface area contributed by atoms with Crippen LogP contribution in [-0.2, 0) is 10.2 Å². The molecule has 0 spiro atoms. The molecule has 0 heterocycles. The van der Waals surface area contributed by atoms with Crippen molar-refractivity contribution in [3.8, 4) is 5.75 Å². The van der Waals surface area contributed by atoms with Gasteiger partial charge in [0.1, 0.15) is 4.90 Å². The average molecular weight is 255 g/mol. The maximum Gasteiger partial charge on any atom is 0.335 e. The fraction of sp³-hybridized carbons (Fsp3) is 0. The van der Waals surface area contributed by atoms with E-state index >= 15 is 0 Å². The molecule has 0 aromatic heterocycles. The zero-order chi connectivity index (χ0) is 9.35. The summed E-state index contributed by atoms with van der Waals surface area (Å²) in [6, 6.07) is 3.70. The molecule has 1 rings (SSSR count). The van der Waals surface area contributed by atoms with Gasteiger partial charge in [-0.2, -0.15) is 8.42 Å². The standard InChI is InChI=1S/C6H4BrFO3S/c7-4-2-1-3-5(6(4)9)12(8,10)11/h1-3,9H. The predicted molar refractivity (Wildman–Crippen MR) is 44.1 cm³/mol. The van der Waals surface area contributed by atoms with E-state index in [2.05, 4.69) is 15.9 Å². The van der Waals surface area contributed by atoms with Gasteiger partial charge in [0.25, 0.3) is 0 Å². The first-order valence-corrected chi connectivity index (χ1v) is 5.02. The number of halogens is 2. The predicted octanol–water partition coefficient (Wildman–Crippen LogP) is 1.81. The summed E-state index contributed by atoms with van der Waals surface area (Å²) >= 11 is 2.86. The van der Waals surface area contributed by atoms with Crippen LogP contribution in [0.3, 0.4) is 0 Å². The van der Waals surface area contributed by atoms with Gasteiger partial charge in [0.15, 0.2) is 5.75 Å². The van der Waals surface area contributed by atoms with Crippen LogP contribution < -0.4 is 0 Å². The van der Waals surface area contributed by atoms with E-state index in [1.807, 2.05) is 0 Å². The molecule has 1 aromatic carbocycles. The van der Waals surface area contributed by atoms with Crippen LogP contribution in [0.25, 0.3) is 0 Å². The summed E-state index contributed by atoms with van der Waals surface area (Å²) in [6.07, 6.45) is 0. The van der Waals surface area contributed by atoms with Crippen LogP contribution >= 0.6 is 15.9 Å². The molecule has 0 atom stereocenters. The summed E-state index contributed by atoms with van der Waals surface area (Å²) in [6.45, 7) is 0. The van der Waals surface area contributed by atoms with Crippen molar-refractivity contribution < 1.29 is 17.4 Å². The van der Waals surface area contributed by atoms with E-state index < -0.39 is 20.9 Å². The monoisotopic (exact) mass is 254 g/mol. The fourth-order valence-corrected chi connectivity index (χ4v) is 1.77. The van der Waals surface area contributed by atoms with Crippen molar-refractivity contribution in [3.63, 3.8) is 0 Å². The lowest BCUT2D eigenvalue weighted by Gasteiger charge is -1.99. The topological polar surface area (TPSA) is 54.4 Å². The van der Waals surface area contributed by atoms with Crippen LogP contribution in [-0.4, -0.2) is 13.5 Å². The first-order chi connectivity index (χ1) is 5.43. The molecule has 0 saturated heterocycles.